The largest absolute Gasteiger partial charge is 0.477 e. The number of aromatic carboxylic acids is 1. The molecule has 6 nitrogen and oxygen atoms in total. The van der Waals surface area contributed by atoms with Crippen molar-refractivity contribution in [3.8, 4) is 0 Å². The van der Waals surface area contributed by atoms with E-state index in [2.05, 4.69) is 0 Å². The number of carboxylic acid groups (broad SMARTS) is 1. The van der Waals surface area contributed by atoms with Gasteiger partial charge < -0.3 is 19.3 Å². The molecular weight excluding hydrogens is 248 g/mol. The van der Waals surface area contributed by atoms with Gasteiger partial charge in [0.15, 0.2) is 0 Å². The Hall–Kier alpha value is -1.82. The number of likely N-dealkylation sites (N-methyl/N-ethyl adjacent to an activating group) is 1. The third kappa shape index (κ3) is 4.75. The number of carboxylic acids is 1. The number of amides is 1. The minimum Gasteiger partial charge on any atom is -0.477 e. The summed E-state index contributed by atoms with van der Waals surface area (Å²) in [5, 5.41) is 8.94. The molecule has 0 aromatic carbocycles. The van der Waals surface area contributed by atoms with Crippen LogP contribution in [0.1, 0.15) is 24.3 Å². The lowest BCUT2D eigenvalue weighted by atomic mass is 10.4. The molecule has 1 aromatic heterocycles. The number of carbonyl (C=O) groups excluding carboxylic acids is 1. The smallest absolute Gasteiger partial charge is 0.352 e. The fourth-order valence-electron chi connectivity index (χ4n) is 1.56. The van der Waals surface area contributed by atoms with E-state index in [-0.39, 0.29) is 24.2 Å². The van der Waals surface area contributed by atoms with Crippen LogP contribution in [0.3, 0.4) is 0 Å². The topological polar surface area (TPSA) is 71.8 Å². The molecule has 0 saturated carbocycles. The molecule has 0 aliphatic carbocycles. The van der Waals surface area contributed by atoms with Crippen molar-refractivity contribution in [2.24, 2.45) is 0 Å². The van der Waals surface area contributed by atoms with Gasteiger partial charge in [-0.2, -0.15) is 0 Å². The Morgan fingerprint density at radius 1 is 1.47 bits per heavy atom. The maximum Gasteiger partial charge on any atom is 0.352 e. The monoisotopic (exact) mass is 268 g/mol. The van der Waals surface area contributed by atoms with Gasteiger partial charge in [-0.1, -0.05) is 0 Å². The molecule has 0 unspecified atom stereocenters. The lowest BCUT2D eigenvalue weighted by Crippen LogP contribution is -2.33. The van der Waals surface area contributed by atoms with Gasteiger partial charge in [-0.25, -0.2) is 4.79 Å². The molecule has 0 saturated heterocycles. The average Bonchev–Trinajstić information content (AvgIpc) is 2.76. The highest BCUT2D eigenvalue weighted by Crippen LogP contribution is 2.03. The fraction of sp³-hybridized carbons (Fsp3) is 0.538. The molecule has 0 bridgehead atoms. The van der Waals surface area contributed by atoms with Gasteiger partial charge in [-0.3, -0.25) is 4.79 Å². The van der Waals surface area contributed by atoms with Gasteiger partial charge in [0.05, 0.1) is 12.7 Å². The van der Waals surface area contributed by atoms with Gasteiger partial charge in [0, 0.05) is 19.8 Å². The Labute approximate surface area is 112 Å². The summed E-state index contributed by atoms with van der Waals surface area (Å²) in [6.45, 7) is 4.84. The normalized spacial score (nSPS) is 10.7. The molecule has 0 aliphatic rings. The number of nitrogens with zero attached hydrogens (tertiary/aromatic N) is 2. The van der Waals surface area contributed by atoms with Crippen LogP contribution in [0.2, 0.25) is 0 Å². The van der Waals surface area contributed by atoms with Crippen molar-refractivity contribution in [1.29, 1.82) is 0 Å². The van der Waals surface area contributed by atoms with Crippen molar-refractivity contribution in [3.05, 3.63) is 24.0 Å². The Balaban J connectivity index is 2.49. The van der Waals surface area contributed by atoms with Crippen LogP contribution in [0.25, 0.3) is 0 Å². The number of aromatic nitrogens is 1. The molecule has 1 N–H and O–H groups in total. The van der Waals surface area contributed by atoms with Crippen LogP contribution in [-0.2, 0) is 16.1 Å². The van der Waals surface area contributed by atoms with Crippen LogP contribution in [0.5, 0.6) is 0 Å². The average molecular weight is 268 g/mol. The van der Waals surface area contributed by atoms with E-state index in [1.807, 2.05) is 13.8 Å². The van der Waals surface area contributed by atoms with Crippen molar-refractivity contribution in [1.82, 2.24) is 9.47 Å². The fourth-order valence-corrected chi connectivity index (χ4v) is 1.56. The van der Waals surface area contributed by atoms with E-state index in [1.165, 1.54) is 15.5 Å². The van der Waals surface area contributed by atoms with Crippen LogP contribution in [0.4, 0.5) is 0 Å². The molecule has 0 radical (unpaired) electrons. The molecule has 1 heterocycles. The van der Waals surface area contributed by atoms with Crippen molar-refractivity contribution < 1.29 is 19.4 Å². The van der Waals surface area contributed by atoms with Crippen LogP contribution in [0, 0.1) is 0 Å². The van der Waals surface area contributed by atoms with Crippen molar-refractivity contribution in [2.45, 2.75) is 26.5 Å². The summed E-state index contributed by atoms with van der Waals surface area (Å²) in [5.41, 5.74) is 0.111. The van der Waals surface area contributed by atoms with E-state index < -0.39 is 5.97 Å². The number of ether oxygens (including phenoxy) is 1. The zero-order valence-electron chi connectivity index (χ0n) is 11.5. The van der Waals surface area contributed by atoms with Crippen LogP contribution in [-0.4, -0.2) is 52.8 Å². The zero-order chi connectivity index (χ0) is 14.4. The van der Waals surface area contributed by atoms with E-state index in [9.17, 15) is 9.59 Å². The first-order valence-corrected chi connectivity index (χ1v) is 6.15. The van der Waals surface area contributed by atoms with Gasteiger partial charge in [0.25, 0.3) is 0 Å². The highest BCUT2D eigenvalue weighted by Gasteiger charge is 2.14. The first-order chi connectivity index (χ1) is 8.91. The summed E-state index contributed by atoms with van der Waals surface area (Å²) in [6.07, 6.45) is 1.71. The Kier molecular flexibility index (Phi) is 5.57. The molecule has 1 amide bonds. The SMILES string of the molecule is CC(C)OCCN(C)C(=O)Cn1cccc1C(=O)O. The first-order valence-electron chi connectivity index (χ1n) is 6.15. The van der Waals surface area contributed by atoms with Gasteiger partial charge in [-0.05, 0) is 26.0 Å². The predicted octanol–water partition coefficient (Wildman–Crippen LogP) is 1.07. The number of rotatable bonds is 7. The van der Waals surface area contributed by atoms with Crippen molar-refractivity contribution in [2.75, 3.05) is 20.2 Å². The molecule has 1 rings (SSSR count). The van der Waals surface area contributed by atoms with Gasteiger partial charge >= 0.3 is 5.97 Å². The molecule has 0 atom stereocenters. The minimum absolute atomic E-state index is 0.0206. The second-order valence-corrected chi connectivity index (χ2v) is 4.56. The predicted molar refractivity (Wildman–Crippen MR) is 70.1 cm³/mol. The molecule has 0 fully saturated rings. The van der Waals surface area contributed by atoms with Gasteiger partial charge in [0.1, 0.15) is 12.2 Å². The second-order valence-electron chi connectivity index (χ2n) is 4.56. The summed E-state index contributed by atoms with van der Waals surface area (Å²) < 4.78 is 6.79. The minimum atomic E-state index is -1.04. The van der Waals surface area contributed by atoms with E-state index in [0.29, 0.717) is 13.2 Å². The highest BCUT2D eigenvalue weighted by atomic mass is 16.5. The summed E-state index contributed by atoms with van der Waals surface area (Å²) in [7, 11) is 1.68. The first kappa shape index (κ1) is 15.2. The second kappa shape index (κ2) is 6.94. The molecule has 1 aromatic rings. The maximum atomic E-state index is 11.9. The molecule has 0 spiro atoms. The van der Waals surface area contributed by atoms with Crippen molar-refractivity contribution >= 4 is 11.9 Å². The molecule has 6 heteroatoms. The quantitative estimate of drug-likeness (QED) is 0.803. The van der Waals surface area contributed by atoms with E-state index in [1.54, 1.807) is 19.3 Å². The standard InChI is InChI=1S/C13H20N2O4/c1-10(2)19-8-7-14(3)12(16)9-15-6-4-5-11(15)13(17)18/h4-6,10H,7-9H2,1-3H3,(H,17,18). The summed E-state index contributed by atoms with van der Waals surface area (Å²) >= 11 is 0. The Morgan fingerprint density at radius 3 is 2.74 bits per heavy atom. The number of hydrogen-bond donors (Lipinski definition) is 1. The van der Waals surface area contributed by atoms with Crippen molar-refractivity contribution in [3.63, 3.8) is 0 Å². The third-order valence-electron chi connectivity index (χ3n) is 2.66. The third-order valence-corrected chi connectivity index (χ3v) is 2.66. The Morgan fingerprint density at radius 2 is 2.16 bits per heavy atom. The molecule has 0 aliphatic heterocycles. The molecule has 19 heavy (non-hydrogen) atoms. The lowest BCUT2D eigenvalue weighted by molar-refractivity contribution is -0.131. The van der Waals surface area contributed by atoms with E-state index in [4.69, 9.17) is 9.84 Å². The number of carbonyl (C=O) groups is 2. The lowest BCUT2D eigenvalue weighted by Gasteiger charge is -2.18. The Bertz CT molecular complexity index is 440. The van der Waals surface area contributed by atoms with Crippen LogP contribution in [0.15, 0.2) is 18.3 Å². The van der Waals surface area contributed by atoms with E-state index in [0.717, 1.165) is 0 Å². The van der Waals surface area contributed by atoms with Crippen LogP contribution < -0.4 is 0 Å². The maximum absolute atomic E-state index is 11.9. The zero-order valence-corrected chi connectivity index (χ0v) is 11.5. The van der Waals surface area contributed by atoms with E-state index >= 15 is 0 Å². The molecular formula is C13H20N2O4. The summed E-state index contributed by atoms with van der Waals surface area (Å²) in [4.78, 5) is 24.4. The summed E-state index contributed by atoms with van der Waals surface area (Å²) in [5.74, 6) is -1.19. The number of hydrogen-bond acceptors (Lipinski definition) is 3. The summed E-state index contributed by atoms with van der Waals surface area (Å²) in [6, 6.07) is 3.08. The van der Waals surface area contributed by atoms with Gasteiger partial charge in [-0.15, -0.1) is 0 Å². The van der Waals surface area contributed by atoms with Gasteiger partial charge in [0.2, 0.25) is 5.91 Å². The highest BCUT2D eigenvalue weighted by molar-refractivity contribution is 5.86. The van der Waals surface area contributed by atoms with Crippen LogP contribution >= 0.6 is 0 Å². The molecule has 106 valence electrons.